The second-order valence-corrected chi connectivity index (χ2v) is 5.18. The van der Waals surface area contributed by atoms with E-state index in [0.29, 0.717) is 6.61 Å². The third-order valence-electron chi connectivity index (χ3n) is 3.68. The molecule has 0 saturated carbocycles. The highest BCUT2D eigenvalue weighted by Crippen LogP contribution is 2.16. The Kier molecular flexibility index (Phi) is 4.79. The quantitative estimate of drug-likeness (QED) is 0.607. The lowest BCUT2D eigenvalue weighted by atomic mass is 10.0. The average molecular weight is 288 g/mol. The molecule has 8 heteroatoms. The number of aliphatic hydroxyl groups excluding tert-OH is 1. The average Bonchev–Trinajstić information content (AvgIpc) is 2.87. The van der Waals surface area contributed by atoms with Gasteiger partial charge in [0.15, 0.2) is 0 Å². The van der Waals surface area contributed by atoms with E-state index in [1.54, 1.807) is 4.90 Å². The first-order chi connectivity index (χ1) is 9.52. The largest absolute Gasteiger partial charge is 0.481 e. The molecule has 0 aromatic heterocycles. The molecule has 2 amide bonds. The Hall–Kier alpha value is -1.38. The zero-order valence-corrected chi connectivity index (χ0v) is 11.3. The minimum Gasteiger partial charge on any atom is -0.481 e. The molecular weight excluding hydrogens is 268 g/mol. The molecule has 0 bridgehead atoms. The van der Waals surface area contributed by atoms with Crippen LogP contribution in [-0.2, 0) is 14.3 Å². The maximum absolute atomic E-state index is 12.2. The minimum absolute atomic E-state index is 0.109. The lowest BCUT2D eigenvalue weighted by Crippen LogP contribution is -2.57. The Bertz CT molecular complexity index is 377. The van der Waals surface area contributed by atoms with Gasteiger partial charge in [0.25, 0.3) is 0 Å². The van der Waals surface area contributed by atoms with Crippen LogP contribution in [0.3, 0.4) is 0 Å². The lowest BCUT2D eigenvalue weighted by molar-refractivity contribution is -0.142. The summed E-state index contributed by atoms with van der Waals surface area (Å²) in [6.45, 7) is 2.63. The van der Waals surface area contributed by atoms with Gasteiger partial charge in [0.1, 0.15) is 5.92 Å². The third kappa shape index (κ3) is 3.20. The number of hydrogen-bond acceptors (Lipinski definition) is 5. The molecule has 4 atom stereocenters. The molecule has 2 aliphatic rings. The number of nitrogens with one attached hydrogen (secondary N) is 1. The molecule has 3 N–H and O–H groups in total. The van der Waals surface area contributed by atoms with Crippen LogP contribution in [0.1, 0.15) is 6.92 Å². The number of nitrogens with zero attached hydrogens (tertiary/aromatic N) is 1. The molecule has 8 nitrogen and oxygen atoms in total. The van der Waals surface area contributed by atoms with Gasteiger partial charge in [0.05, 0.1) is 51.2 Å². The standard InChI is InChI=1S/C12H20N2O6/c1-7-4-20-8(3-15)2-14(7)12(18)13-10-6-19-5-9(10)11(16)17/h7-10,15H,2-6H2,1H3,(H,13,18)(H,16,17). The number of amides is 2. The fourth-order valence-corrected chi connectivity index (χ4v) is 2.39. The number of aliphatic carboxylic acids is 1. The second kappa shape index (κ2) is 6.38. The predicted molar refractivity (Wildman–Crippen MR) is 67.3 cm³/mol. The summed E-state index contributed by atoms with van der Waals surface area (Å²) >= 11 is 0. The highest BCUT2D eigenvalue weighted by Gasteiger charge is 2.37. The summed E-state index contributed by atoms with van der Waals surface area (Å²) in [5.74, 6) is -1.69. The maximum atomic E-state index is 12.2. The molecule has 0 spiro atoms. The monoisotopic (exact) mass is 288 g/mol. The summed E-state index contributed by atoms with van der Waals surface area (Å²) in [6.07, 6.45) is -0.396. The zero-order valence-electron chi connectivity index (χ0n) is 11.3. The topological polar surface area (TPSA) is 108 Å². The summed E-state index contributed by atoms with van der Waals surface area (Å²) < 4.78 is 10.5. The van der Waals surface area contributed by atoms with Gasteiger partial charge < -0.3 is 29.9 Å². The molecule has 2 heterocycles. The van der Waals surface area contributed by atoms with Crippen LogP contribution in [0.2, 0.25) is 0 Å². The van der Waals surface area contributed by atoms with Crippen molar-refractivity contribution in [2.45, 2.75) is 25.1 Å². The first kappa shape index (κ1) is 15.0. The van der Waals surface area contributed by atoms with E-state index in [4.69, 9.17) is 19.7 Å². The number of carboxylic acid groups (broad SMARTS) is 1. The van der Waals surface area contributed by atoms with Gasteiger partial charge in [0.2, 0.25) is 0 Å². The number of morpholine rings is 1. The van der Waals surface area contributed by atoms with E-state index in [0.717, 1.165) is 0 Å². The van der Waals surface area contributed by atoms with Gasteiger partial charge in [-0.2, -0.15) is 0 Å². The summed E-state index contributed by atoms with van der Waals surface area (Å²) in [5.41, 5.74) is 0. The fraction of sp³-hybridized carbons (Fsp3) is 0.833. The predicted octanol–water partition coefficient (Wildman–Crippen LogP) is -1.12. The number of urea groups is 1. The van der Waals surface area contributed by atoms with Crippen LogP contribution >= 0.6 is 0 Å². The van der Waals surface area contributed by atoms with Crippen LogP contribution in [-0.4, -0.2) is 78.3 Å². The SMILES string of the molecule is CC1COC(CO)CN1C(=O)NC1COCC1C(=O)O. The van der Waals surface area contributed by atoms with E-state index < -0.39 is 24.0 Å². The van der Waals surface area contributed by atoms with E-state index in [2.05, 4.69) is 5.32 Å². The normalized spacial score (nSPS) is 34.0. The van der Waals surface area contributed by atoms with Gasteiger partial charge in [-0.15, -0.1) is 0 Å². The molecule has 114 valence electrons. The van der Waals surface area contributed by atoms with Crippen molar-refractivity contribution in [1.82, 2.24) is 10.2 Å². The van der Waals surface area contributed by atoms with Crippen molar-refractivity contribution in [3.63, 3.8) is 0 Å². The Balaban J connectivity index is 1.94. The van der Waals surface area contributed by atoms with Gasteiger partial charge in [-0.05, 0) is 6.92 Å². The smallest absolute Gasteiger partial charge is 0.318 e. The number of carboxylic acids is 1. The van der Waals surface area contributed by atoms with Crippen LogP contribution < -0.4 is 5.32 Å². The van der Waals surface area contributed by atoms with Crippen molar-refractivity contribution in [3.8, 4) is 0 Å². The van der Waals surface area contributed by atoms with Crippen LogP contribution in [0.5, 0.6) is 0 Å². The van der Waals surface area contributed by atoms with Crippen LogP contribution in [0, 0.1) is 5.92 Å². The molecule has 2 rings (SSSR count). The maximum Gasteiger partial charge on any atom is 0.318 e. The van der Waals surface area contributed by atoms with E-state index in [1.165, 1.54) is 0 Å². The number of rotatable bonds is 3. The van der Waals surface area contributed by atoms with Gasteiger partial charge in [-0.3, -0.25) is 4.79 Å². The summed E-state index contributed by atoms with van der Waals surface area (Å²) in [5, 5.41) is 20.8. The molecule has 0 aliphatic carbocycles. The molecule has 2 fully saturated rings. The summed E-state index contributed by atoms with van der Waals surface area (Å²) in [4.78, 5) is 24.8. The van der Waals surface area contributed by atoms with Gasteiger partial charge in [0, 0.05) is 0 Å². The number of carbonyl (C=O) groups excluding carboxylic acids is 1. The third-order valence-corrected chi connectivity index (χ3v) is 3.68. The van der Waals surface area contributed by atoms with E-state index >= 15 is 0 Å². The Morgan fingerprint density at radius 2 is 2.10 bits per heavy atom. The van der Waals surface area contributed by atoms with Crippen molar-refractivity contribution in [2.75, 3.05) is 33.0 Å². The van der Waals surface area contributed by atoms with Crippen molar-refractivity contribution in [3.05, 3.63) is 0 Å². The second-order valence-electron chi connectivity index (χ2n) is 5.18. The van der Waals surface area contributed by atoms with E-state index in [1.807, 2.05) is 6.92 Å². The van der Waals surface area contributed by atoms with Crippen LogP contribution in [0.15, 0.2) is 0 Å². The molecule has 20 heavy (non-hydrogen) atoms. The number of hydrogen-bond donors (Lipinski definition) is 3. The van der Waals surface area contributed by atoms with Gasteiger partial charge in [-0.1, -0.05) is 0 Å². The number of carbonyl (C=O) groups is 2. The Morgan fingerprint density at radius 1 is 1.35 bits per heavy atom. The highest BCUT2D eigenvalue weighted by atomic mass is 16.5. The summed E-state index contributed by atoms with van der Waals surface area (Å²) in [7, 11) is 0. The molecule has 2 aliphatic heterocycles. The van der Waals surface area contributed by atoms with E-state index in [-0.39, 0.29) is 38.4 Å². The zero-order chi connectivity index (χ0) is 14.7. The van der Waals surface area contributed by atoms with Crippen LogP contribution in [0.25, 0.3) is 0 Å². The van der Waals surface area contributed by atoms with Crippen molar-refractivity contribution >= 4 is 12.0 Å². The molecule has 0 radical (unpaired) electrons. The molecular formula is C12H20N2O6. The fourth-order valence-electron chi connectivity index (χ4n) is 2.39. The first-order valence-corrected chi connectivity index (χ1v) is 6.63. The summed E-state index contributed by atoms with van der Waals surface area (Å²) in [6, 6.07) is -0.993. The Morgan fingerprint density at radius 3 is 2.75 bits per heavy atom. The molecule has 2 saturated heterocycles. The lowest BCUT2D eigenvalue weighted by Gasteiger charge is -2.38. The minimum atomic E-state index is -0.976. The number of ether oxygens (including phenoxy) is 2. The number of aliphatic hydroxyl groups is 1. The molecule has 0 aromatic carbocycles. The van der Waals surface area contributed by atoms with Crippen molar-refractivity contribution in [1.29, 1.82) is 0 Å². The van der Waals surface area contributed by atoms with Crippen LogP contribution in [0.4, 0.5) is 4.79 Å². The Labute approximate surface area is 116 Å². The van der Waals surface area contributed by atoms with Gasteiger partial charge >= 0.3 is 12.0 Å². The first-order valence-electron chi connectivity index (χ1n) is 6.63. The van der Waals surface area contributed by atoms with Crippen molar-refractivity contribution in [2.24, 2.45) is 5.92 Å². The van der Waals surface area contributed by atoms with Gasteiger partial charge in [-0.25, -0.2) is 4.79 Å². The highest BCUT2D eigenvalue weighted by molar-refractivity contribution is 5.77. The van der Waals surface area contributed by atoms with E-state index in [9.17, 15) is 9.59 Å². The molecule has 4 unspecified atom stereocenters. The molecule has 0 aromatic rings. The van der Waals surface area contributed by atoms with Crippen molar-refractivity contribution < 1.29 is 29.3 Å².